The zero-order valence-corrected chi connectivity index (χ0v) is 7.21. The van der Waals surface area contributed by atoms with E-state index < -0.39 is 24.1 Å². The lowest BCUT2D eigenvalue weighted by molar-refractivity contribution is -0.178. The van der Waals surface area contributed by atoms with Gasteiger partial charge in [-0.3, -0.25) is 4.84 Å². The zero-order chi connectivity index (χ0) is 11.1. The highest BCUT2D eigenvalue weighted by Crippen LogP contribution is 1.98. The minimum Gasteiger partial charge on any atom is -0.479 e. The molecule has 2 atom stereocenters. The van der Waals surface area contributed by atoms with Crippen molar-refractivity contribution in [3.63, 3.8) is 0 Å². The maximum absolute atomic E-state index is 10.4. The highest BCUT2D eigenvalue weighted by atomic mass is 16.7. The number of hydrogen-bond donors (Lipinski definition) is 5. The number of hydroxylamine groups is 1. The molecule has 0 aliphatic rings. The van der Waals surface area contributed by atoms with Crippen LogP contribution >= 0.6 is 0 Å². The largest absolute Gasteiger partial charge is 0.479 e. The van der Waals surface area contributed by atoms with E-state index in [0.717, 1.165) is 0 Å². The van der Waals surface area contributed by atoms with Gasteiger partial charge in [-0.1, -0.05) is 0 Å². The average Bonchev–Trinajstić information content (AvgIpc) is 2.10. The molecule has 0 aromatic heterocycles. The summed E-state index contributed by atoms with van der Waals surface area (Å²) in [6.45, 7) is 0.339. The summed E-state index contributed by atoms with van der Waals surface area (Å²) in [5.74, 6) is -3.25. The monoisotopic (exact) mass is 208 g/mol. The van der Waals surface area contributed by atoms with Gasteiger partial charge in [-0.2, -0.15) is 0 Å². The molecule has 0 aliphatic carbocycles. The lowest BCUT2D eigenvalue weighted by Crippen LogP contribution is -2.45. The highest BCUT2D eigenvalue weighted by molar-refractivity contribution is 5.83. The molecule has 2 unspecified atom stereocenters. The van der Waals surface area contributed by atoms with E-state index in [-0.39, 0.29) is 13.1 Å². The highest BCUT2D eigenvalue weighted by Gasteiger charge is 2.33. The first-order valence-corrected chi connectivity index (χ1v) is 3.73. The van der Waals surface area contributed by atoms with E-state index in [0.29, 0.717) is 0 Å². The number of rotatable bonds is 7. The van der Waals surface area contributed by atoms with Crippen molar-refractivity contribution < 1.29 is 29.7 Å². The molecule has 8 heteroatoms. The van der Waals surface area contributed by atoms with Crippen molar-refractivity contribution in [3.05, 3.63) is 0 Å². The van der Waals surface area contributed by atoms with Crippen molar-refractivity contribution in [1.29, 1.82) is 0 Å². The Bertz CT molecular complexity index is 208. The standard InChI is InChI=1S/C6H12N2O6/c7-1-2-8-14-4(6(12)13)3(9)5(10)11/h3-4,8-9H,1-2,7H2,(H,10,11)(H,12,13). The predicted molar refractivity (Wildman–Crippen MR) is 43.2 cm³/mol. The molecule has 0 heterocycles. The second-order valence-electron chi connectivity index (χ2n) is 2.34. The Hall–Kier alpha value is -1.22. The fraction of sp³-hybridized carbons (Fsp3) is 0.667. The molecule has 0 bridgehead atoms. The number of nitrogens with two attached hydrogens (primary N) is 1. The Kier molecular flexibility index (Phi) is 5.72. The van der Waals surface area contributed by atoms with Gasteiger partial charge in [-0.15, -0.1) is 0 Å². The summed E-state index contributed by atoms with van der Waals surface area (Å²) in [6.07, 6.45) is -3.99. The van der Waals surface area contributed by atoms with E-state index in [2.05, 4.69) is 10.3 Å². The summed E-state index contributed by atoms with van der Waals surface area (Å²) < 4.78 is 0. The van der Waals surface area contributed by atoms with Crippen LogP contribution in [0, 0.1) is 0 Å². The second-order valence-corrected chi connectivity index (χ2v) is 2.34. The molecule has 0 aromatic carbocycles. The average molecular weight is 208 g/mol. The third-order valence-corrected chi connectivity index (χ3v) is 1.24. The van der Waals surface area contributed by atoms with E-state index in [4.69, 9.17) is 21.1 Å². The topological polar surface area (TPSA) is 142 Å². The van der Waals surface area contributed by atoms with E-state index >= 15 is 0 Å². The van der Waals surface area contributed by atoms with Crippen LogP contribution in [0.4, 0.5) is 0 Å². The Labute approximate surface area is 79.2 Å². The van der Waals surface area contributed by atoms with Gasteiger partial charge in [0.1, 0.15) is 0 Å². The third kappa shape index (κ3) is 4.14. The molecule has 0 aliphatic heterocycles. The number of carboxylic acid groups (broad SMARTS) is 2. The van der Waals surface area contributed by atoms with Crippen LogP contribution in [0.5, 0.6) is 0 Å². The smallest absolute Gasteiger partial charge is 0.338 e. The van der Waals surface area contributed by atoms with Crippen LogP contribution in [0.3, 0.4) is 0 Å². The predicted octanol–water partition coefficient (Wildman–Crippen LogP) is -2.63. The molecule has 8 nitrogen and oxygen atoms in total. The summed E-state index contributed by atoms with van der Waals surface area (Å²) in [7, 11) is 0. The normalized spacial score (nSPS) is 14.7. The molecule has 0 spiro atoms. The van der Waals surface area contributed by atoms with Crippen molar-refractivity contribution in [2.75, 3.05) is 13.1 Å². The molecular weight excluding hydrogens is 196 g/mol. The fourth-order valence-electron chi connectivity index (χ4n) is 0.587. The van der Waals surface area contributed by atoms with Crippen LogP contribution in [0.2, 0.25) is 0 Å². The number of carbonyl (C=O) groups is 2. The van der Waals surface area contributed by atoms with Gasteiger partial charge in [0.15, 0.2) is 6.10 Å². The third-order valence-electron chi connectivity index (χ3n) is 1.24. The van der Waals surface area contributed by atoms with Gasteiger partial charge in [-0.25, -0.2) is 15.1 Å². The number of aliphatic hydroxyl groups excluding tert-OH is 1. The SMILES string of the molecule is NCCNOC(C(=O)O)C(O)C(=O)O. The van der Waals surface area contributed by atoms with Crippen LogP contribution < -0.4 is 11.2 Å². The molecule has 0 rings (SSSR count). The molecule has 0 saturated heterocycles. The summed E-state index contributed by atoms with van der Waals surface area (Å²) in [4.78, 5) is 25.1. The van der Waals surface area contributed by atoms with Crippen molar-refractivity contribution in [2.45, 2.75) is 12.2 Å². The molecule has 0 aromatic rings. The van der Waals surface area contributed by atoms with Crippen LogP contribution in [-0.4, -0.2) is 52.6 Å². The lowest BCUT2D eigenvalue weighted by atomic mass is 10.2. The number of carboxylic acids is 2. The van der Waals surface area contributed by atoms with Crippen molar-refractivity contribution >= 4 is 11.9 Å². The van der Waals surface area contributed by atoms with Gasteiger partial charge in [0.2, 0.25) is 6.10 Å². The van der Waals surface area contributed by atoms with Gasteiger partial charge >= 0.3 is 11.9 Å². The molecule has 0 fully saturated rings. The van der Waals surface area contributed by atoms with Crippen LogP contribution in [0.15, 0.2) is 0 Å². The Morgan fingerprint density at radius 2 is 1.93 bits per heavy atom. The minimum absolute atomic E-state index is 0.149. The Morgan fingerprint density at radius 3 is 2.29 bits per heavy atom. The molecule has 14 heavy (non-hydrogen) atoms. The van der Waals surface area contributed by atoms with Gasteiger partial charge in [0.25, 0.3) is 0 Å². The number of nitrogens with one attached hydrogen (secondary N) is 1. The maximum atomic E-state index is 10.4. The first kappa shape index (κ1) is 12.8. The van der Waals surface area contributed by atoms with Gasteiger partial charge in [0, 0.05) is 13.1 Å². The van der Waals surface area contributed by atoms with Crippen molar-refractivity contribution in [2.24, 2.45) is 5.73 Å². The summed E-state index contributed by atoms with van der Waals surface area (Å²) >= 11 is 0. The van der Waals surface area contributed by atoms with Crippen LogP contribution in [0.1, 0.15) is 0 Å². The van der Waals surface area contributed by atoms with E-state index in [1.165, 1.54) is 0 Å². The first-order chi connectivity index (χ1) is 6.50. The minimum atomic E-state index is -2.13. The van der Waals surface area contributed by atoms with Crippen molar-refractivity contribution in [3.8, 4) is 0 Å². The zero-order valence-electron chi connectivity index (χ0n) is 7.21. The Morgan fingerprint density at radius 1 is 1.36 bits per heavy atom. The quantitative estimate of drug-likeness (QED) is 0.226. The van der Waals surface area contributed by atoms with Gasteiger partial charge < -0.3 is 21.1 Å². The molecule has 6 N–H and O–H groups in total. The first-order valence-electron chi connectivity index (χ1n) is 3.73. The molecular formula is C6H12N2O6. The van der Waals surface area contributed by atoms with E-state index in [9.17, 15) is 9.59 Å². The fourth-order valence-corrected chi connectivity index (χ4v) is 0.587. The maximum Gasteiger partial charge on any atom is 0.338 e. The van der Waals surface area contributed by atoms with Gasteiger partial charge in [0.05, 0.1) is 0 Å². The van der Waals surface area contributed by atoms with Gasteiger partial charge in [-0.05, 0) is 0 Å². The summed E-state index contributed by atoms with van der Waals surface area (Å²) in [5.41, 5.74) is 7.18. The number of aliphatic carboxylic acids is 2. The summed E-state index contributed by atoms with van der Waals surface area (Å²) in [5, 5.41) is 25.7. The number of aliphatic hydroxyl groups is 1. The van der Waals surface area contributed by atoms with Crippen LogP contribution in [0.25, 0.3) is 0 Å². The van der Waals surface area contributed by atoms with Crippen LogP contribution in [-0.2, 0) is 14.4 Å². The molecule has 0 radical (unpaired) electrons. The lowest BCUT2D eigenvalue weighted by Gasteiger charge is -2.15. The second kappa shape index (κ2) is 6.27. The van der Waals surface area contributed by atoms with Crippen molar-refractivity contribution in [1.82, 2.24) is 5.48 Å². The number of hydrogen-bond acceptors (Lipinski definition) is 6. The summed E-state index contributed by atoms with van der Waals surface area (Å²) in [6, 6.07) is 0. The van der Waals surface area contributed by atoms with E-state index in [1.54, 1.807) is 0 Å². The molecule has 0 amide bonds. The Balaban J connectivity index is 4.15. The van der Waals surface area contributed by atoms with E-state index in [1.807, 2.05) is 0 Å². The molecule has 0 saturated carbocycles. The molecule has 82 valence electrons.